The van der Waals surface area contributed by atoms with Crippen LogP contribution in [0, 0.1) is 0 Å². The Hall–Kier alpha value is -1.84. The van der Waals surface area contributed by atoms with Gasteiger partial charge in [-0.2, -0.15) is 5.17 Å². The zero-order valence-corrected chi connectivity index (χ0v) is 8.17. The summed E-state index contributed by atoms with van der Waals surface area (Å²) in [5, 5.41) is 9.60. The minimum Gasteiger partial charge on any atom is -0.273 e. The summed E-state index contributed by atoms with van der Waals surface area (Å²) < 4.78 is 0. The van der Waals surface area contributed by atoms with Crippen LogP contribution in [0.1, 0.15) is 0 Å². The SMILES string of the molecule is NN(O)c1ccc(-c2ccccc2)cc1. The van der Waals surface area contributed by atoms with E-state index in [2.05, 4.69) is 0 Å². The lowest BCUT2D eigenvalue weighted by Gasteiger charge is -2.09. The van der Waals surface area contributed by atoms with E-state index in [0.717, 1.165) is 11.1 Å². The van der Waals surface area contributed by atoms with Gasteiger partial charge in [0.1, 0.15) is 0 Å². The average Bonchev–Trinajstić information content (AvgIpc) is 2.30. The summed E-state index contributed by atoms with van der Waals surface area (Å²) in [5.74, 6) is 5.19. The Morgan fingerprint density at radius 3 is 1.87 bits per heavy atom. The van der Waals surface area contributed by atoms with Gasteiger partial charge in [0.05, 0.1) is 5.69 Å². The van der Waals surface area contributed by atoms with Crippen LogP contribution >= 0.6 is 0 Å². The van der Waals surface area contributed by atoms with Crippen molar-refractivity contribution in [3.05, 3.63) is 54.6 Å². The van der Waals surface area contributed by atoms with Gasteiger partial charge in [-0.05, 0) is 23.3 Å². The lowest BCUT2D eigenvalue weighted by molar-refractivity contribution is 0.258. The molecular weight excluding hydrogens is 188 g/mol. The molecule has 0 saturated carbocycles. The monoisotopic (exact) mass is 200 g/mol. The van der Waals surface area contributed by atoms with Crippen LogP contribution in [0.25, 0.3) is 11.1 Å². The highest BCUT2D eigenvalue weighted by molar-refractivity contribution is 5.65. The molecule has 0 bridgehead atoms. The molecule has 0 heterocycles. The van der Waals surface area contributed by atoms with Gasteiger partial charge in [-0.15, -0.1) is 0 Å². The lowest BCUT2D eigenvalue weighted by Crippen LogP contribution is -2.25. The van der Waals surface area contributed by atoms with Crippen LogP contribution in [0.4, 0.5) is 5.69 Å². The van der Waals surface area contributed by atoms with Gasteiger partial charge in [-0.1, -0.05) is 42.5 Å². The molecule has 0 aromatic heterocycles. The molecule has 2 rings (SSSR count). The minimum absolute atomic E-state index is 0.565. The van der Waals surface area contributed by atoms with Crippen LogP contribution in [-0.2, 0) is 0 Å². The molecule has 2 aromatic carbocycles. The number of benzene rings is 2. The van der Waals surface area contributed by atoms with Gasteiger partial charge >= 0.3 is 0 Å². The van der Waals surface area contributed by atoms with Crippen LogP contribution in [0.3, 0.4) is 0 Å². The Balaban J connectivity index is 2.32. The second-order valence-corrected chi connectivity index (χ2v) is 3.26. The zero-order chi connectivity index (χ0) is 10.7. The Morgan fingerprint density at radius 2 is 1.33 bits per heavy atom. The van der Waals surface area contributed by atoms with Crippen molar-refractivity contribution in [2.24, 2.45) is 5.84 Å². The van der Waals surface area contributed by atoms with Crippen LogP contribution in [0.5, 0.6) is 0 Å². The third-order valence-electron chi connectivity index (χ3n) is 2.24. The molecule has 0 atom stereocenters. The standard InChI is InChI=1S/C12H12N2O/c13-14(15)12-8-6-11(7-9-12)10-4-2-1-3-5-10/h1-9,15H,13H2. The summed E-state index contributed by atoms with van der Waals surface area (Å²) in [6.07, 6.45) is 0. The largest absolute Gasteiger partial charge is 0.273 e. The first kappa shape index (κ1) is 9.71. The third-order valence-corrected chi connectivity index (χ3v) is 2.24. The van der Waals surface area contributed by atoms with Crippen LogP contribution < -0.4 is 11.0 Å². The van der Waals surface area contributed by atoms with Gasteiger partial charge in [0.2, 0.25) is 0 Å². The topological polar surface area (TPSA) is 49.5 Å². The molecule has 2 aromatic rings. The molecule has 0 amide bonds. The molecule has 3 N–H and O–H groups in total. The Morgan fingerprint density at radius 1 is 0.800 bits per heavy atom. The van der Waals surface area contributed by atoms with Crippen molar-refractivity contribution < 1.29 is 5.21 Å². The molecule has 3 heteroatoms. The van der Waals surface area contributed by atoms with Crippen molar-refractivity contribution >= 4 is 5.69 Å². The van der Waals surface area contributed by atoms with E-state index in [9.17, 15) is 0 Å². The summed E-state index contributed by atoms with van der Waals surface area (Å²) in [4.78, 5) is 0. The van der Waals surface area contributed by atoms with Gasteiger partial charge < -0.3 is 0 Å². The fraction of sp³-hybridized carbons (Fsp3) is 0. The summed E-state index contributed by atoms with van der Waals surface area (Å²) in [7, 11) is 0. The maximum absolute atomic E-state index is 9.00. The maximum Gasteiger partial charge on any atom is 0.0818 e. The van der Waals surface area contributed by atoms with E-state index in [1.807, 2.05) is 42.5 Å². The molecule has 0 spiro atoms. The third kappa shape index (κ3) is 2.15. The predicted octanol–water partition coefficient (Wildman–Crippen LogP) is 2.42. The van der Waals surface area contributed by atoms with E-state index >= 15 is 0 Å². The normalized spacial score (nSPS) is 10.0. The van der Waals surface area contributed by atoms with Crippen LogP contribution in [0.2, 0.25) is 0 Å². The van der Waals surface area contributed by atoms with Crippen molar-refractivity contribution in [3.63, 3.8) is 0 Å². The van der Waals surface area contributed by atoms with Gasteiger partial charge in [0.25, 0.3) is 0 Å². The summed E-state index contributed by atoms with van der Waals surface area (Å²) in [6.45, 7) is 0. The van der Waals surface area contributed by atoms with E-state index in [4.69, 9.17) is 11.0 Å². The van der Waals surface area contributed by atoms with Crippen molar-refractivity contribution in [2.45, 2.75) is 0 Å². The average molecular weight is 200 g/mol. The molecule has 76 valence electrons. The molecular formula is C12H12N2O. The number of hydrogen-bond acceptors (Lipinski definition) is 3. The number of nitrogens with two attached hydrogens (primary N) is 1. The molecule has 0 fully saturated rings. The predicted molar refractivity (Wildman–Crippen MR) is 60.3 cm³/mol. The van der Waals surface area contributed by atoms with Crippen molar-refractivity contribution in [3.8, 4) is 11.1 Å². The van der Waals surface area contributed by atoms with Gasteiger partial charge in [0, 0.05) is 0 Å². The lowest BCUT2D eigenvalue weighted by atomic mass is 10.1. The molecule has 3 nitrogen and oxygen atoms in total. The van der Waals surface area contributed by atoms with Crippen molar-refractivity contribution in [2.75, 3.05) is 5.17 Å². The maximum atomic E-state index is 9.00. The first-order valence-corrected chi connectivity index (χ1v) is 4.66. The van der Waals surface area contributed by atoms with Gasteiger partial charge in [0.15, 0.2) is 0 Å². The van der Waals surface area contributed by atoms with Crippen molar-refractivity contribution in [1.29, 1.82) is 0 Å². The first-order valence-electron chi connectivity index (χ1n) is 4.66. The number of hydrogen-bond donors (Lipinski definition) is 2. The van der Waals surface area contributed by atoms with E-state index in [0.29, 0.717) is 10.9 Å². The summed E-state index contributed by atoms with van der Waals surface area (Å²) in [6, 6.07) is 17.4. The van der Waals surface area contributed by atoms with E-state index in [-0.39, 0.29) is 0 Å². The Labute approximate surface area is 88.3 Å². The molecule has 0 radical (unpaired) electrons. The number of rotatable bonds is 2. The molecule has 0 saturated heterocycles. The number of hydrazine groups is 1. The Bertz CT molecular complexity index is 423. The van der Waals surface area contributed by atoms with E-state index in [1.54, 1.807) is 12.1 Å². The molecule has 0 aliphatic carbocycles. The first-order chi connectivity index (χ1) is 7.27. The molecule has 0 aliphatic rings. The van der Waals surface area contributed by atoms with Crippen molar-refractivity contribution in [1.82, 2.24) is 0 Å². The Kier molecular flexibility index (Phi) is 2.67. The second-order valence-electron chi connectivity index (χ2n) is 3.26. The fourth-order valence-corrected chi connectivity index (χ4v) is 1.44. The highest BCUT2D eigenvalue weighted by atomic mass is 16.5. The number of anilines is 1. The highest BCUT2D eigenvalue weighted by Gasteiger charge is 1.99. The van der Waals surface area contributed by atoms with Crippen LogP contribution in [-0.4, -0.2) is 5.21 Å². The minimum atomic E-state index is 0.565. The molecule has 0 aliphatic heterocycles. The zero-order valence-electron chi connectivity index (χ0n) is 8.17. The second kappa shape index (κ2) is 4.13. The summed E-state index contributed by atoms with van der Waals surface area (Å²) >= 11 is 0. The quantitative estimate of drug-likeness (QED) is 0.578. The van der Waals surface area contributed by atoms with Gasteiger partial charge in [-0.3, -0.25) is 5.21 Å². The van der Waals surface area contributed by atoms with E-state index < -0.39 is 0 Å². The fourth-order valence-electron chi connectivity index (χ4n) is 1.44. The number of nitrogens with zero attached hydrogens (tertiary/aromatic N) is 1. The summed E-state index contributed by atoms with van der Waals surface area (Å²) in [5.41, 5.74) is 2.81. The van der Waals surface area contributed by atoms with Gasteiger partial charge in [-0.25, -0.2) is 5.84 Å². The smallest absolute Gasteiger partial charge is 0.0818 e. The molecule has 0 unspecified atom stereocenters. The molecule has 15 heavy (non-hydrogen) atoms. The highest BCUT2D eigenvalue weighted by Crippen LogP contribution is 2.21. The van der Waals surface area contributed by atoms with Crippen LogP contribution in [0.15, 0.2) is 54.6 Å². The van der Waals surface area contributed by atoms with E-state index in [1.165, 1.54) is 0 Å².